The first-order valence-corrected chi connectivity index (χ1v) is 11.0. The van der Waals surface area contributed by atoms with Crippen LogP contribution in [0.2, 0.25) is 0 Å². The van der Waals surface area contributed by atoms with E-state index in [1.54, 1.807) is 0 Å². The summed E-state index contributed by atoms with van der Waals surface area (Å²) in [5, 5.41) is 0. The van der Waals surface area contributed by atoms with Gasteiger partial charge in [-0.25, -0.2) is 0 Å². The van der Waals surface area contributed by atoms with Crippen LogP contribution >= 0.6 is 0 Å². The fourth-order valence-corrected chi connectivity index (χ4v) is 5.15. The molecule has 1 spiro atoms. The van der Waals surface area contributed by atoms with E-state index in [1.165, 1.54) is 19.3 Å². The van der Waals surface area contributed by atoms with E-state index in [2.05, 4.69) is 26.6 Å². The van der Waals surface area contributed by atoms with Crippen molar-refractivity contribution in [3.63, 3.8) is 0 Å². The summed E-state index contributed by atoms with van der Waals surface area (Å²) < 4.78 is 0. The predicted molar refractivity (Wildman–Crippen MR) is 105 cm³/mol. The Balaban J connectivity index is 1.37. The van der Waals surface area contributed by atoms with Crippen LogP contribution in [0.5, 0.6) is 0 Å². The summed E-state index contributed by atoms with van der Waals surface area (Å²) in [7, 11) is 2.21. The molecule has 3 saturated heterocycles. The molecule has 0 N–H and O–H groups in total. The lowest BCUT2D eigenvalue weighted by molar-refractivity contribution is -0.135. The highest BCUT2D eigenvalue weighted by Crippen LogP contribution is 2.35. The number of piperidine rings is 1. The van der Waals surface area contributed by atoms with Crippen LogP contribution in [0.15, 0.2) is 0 Å². The Morgan fingerprint density at radius 2 is 1.81 bits per heavy atom. The van der Waals surface area contributed by atoms with Crippen molar-refractivity contribution in [1.82, 2.24) is 19.6 Å². The molecule has 0 radical (unpaired) electrons. The molecule has 4 fully saturated rings. The van der Waals surface area contributed by atoms with Gasteiger partial charge in [-0.05, 0) is 57.9 Å². The summed E-state index contributed by atoms with van der Waals surface area (Å²) in [6, 6.07) is 0. The highest BCUT2D eigenvalue weighted by atomic mass is 16.2. The summed E-state index contributed by atoms with van der Waals surface area (Å²) in [5.74, 6) is 1.40. The molecule has 3 heterocycles. The second-order valence-electron chi connectivity index (χ2n) is 9.33. The smallest absolute Gasteiger partial charge is 0.236 e. The first kappa shape index (κ1) is 19.2. The Labute approximate surface area is 163 Å². The molecule has 1 atom stereocenters. The summed E-state index contributed by atoms with van der Waals surface area (Å²) in [6.07, 6.45) is 8.77. The van der Waals surface area contributed by atoms with Gasteiger partial charge in [0.1, 0.15) is 0 Å². The van der Waals surface area contributed by atoms with E-state index >= 15 is 0 Å². The molecule has 1 saturated carbocycles. The van der Waals surface area contributed by atoms with Crippen molar-refractivity contribution in [2.24, 2.45) is 5.92 Å². The molecule has 0 aromatic carbocycles. The lowest BCUT2D eigenvalue weighted by Crippen LogP contribution is -2.62. The van der Waals surface area contributed by atoms with Gasteiger partial charge in [0.2, 0.25) is 11.8 Å². The lowest BCUT2D eigenvalue weighted by atomic mass is 9.86. The molecule has 2 amide bonds. The molecule has 0 aromatic heterocycles. The molecule has 27 heavy (non-hydrogen) atoms. The second-order valence-corrected chi connectivity index (χ2v) is 9.33. The maximum atomic E-state index is 12.7. The number of carbonyl (C=O) groups is 2. The number of carbonyl (C=O) groups excluding carboxylic acids is 2. The van der Waals surface area contributed by atoms with E-state index < -0.39 is 0 Å². The normalized spacial score (nSPS) is 31.4. The zero-order valence-electron chi connectivity index (χ0n) is 17.0. The highest BCUT2D eigenvalue weighted by molar-refractivity contribution is 5.78. The zero-order valence-corrected chi connectivity index (χ0v) is 17.0. The van der Waals surface area contributed by atoms with Crippen LogP contribution in [-0.4, -0.2) is 96.4 Å². The fraction of sp³-hybridized carbons (Fsp3) is 0.905. The fourth-order valence-electron chi connectivity index (χ4n) is 5.15. The summed E-state index contributed by atoms with van der Waals surface area (Å²) in [6.45, 7) is 7.14. The van der Waals surface area contributed by atoms with Crippen LogP contribution in [0.25, 0.3) is 0 Å². The quantitative estimate of drug-likeness (QED) is 0.744. The van der Waals surface area contributed by atoms with Crippen LogP contribution in [0.1, 0.15) is 51.4 Å². The van der Waals surface area contributed by atoms with E-state index in [0.29, 0.717) is 24.8 Å². The van der Waals surface area contributed by atoms with Gasteiger partial charge >= 0.3 is 0 Å². The Morgan fingerprint density at radius 3 is 2.56 bits per heavy atom. The Bertz CT molecular complexity index is 558. The molecule has 4 rings (SSSR count). The summed E-state index contributed by atoms with van der Waals surface area (Å²) in [5.41, 5.74) is 0.0500. The molecule has 6 nitrogen and oxygen atoms in total. The molecule has 0 aromatic rings. The summed E-state index contributed by atoms with van der Waals surface area (Å²) >= 11 is 0. The van der Waals surface area contributed by atoms with E-state index in [1.807, 2.05) is 0 Å². The second kappa shape index (κ2) is 8.08. The highest BCUT2D eigenvalue weighted by Gasteiger charge is 2.43. The molecular formula is C21H36N4O2. The molecular weight excluding hydrogens is 340 g/mol. The van der Waals surface area contributed by atoms with Gasteiger partial charge in [0.05, 0.1) is 6.54 Å². The van der Waals surface area contributed by atoms with Crippen molar-refractivity contribution in [2.45, 2.75) is 56.9 Å². The number of likely N-dealkylation sites (tertiary alicyclic amines) is 2. The lowest BCUT2D eigenvalue weighted by Gasteiger charge is -2.49. The van der Waals surface area contributed by atoms with Crippen LogP contribution in [0.3, 0.4) is 0 Å². The van der Waals surface area contributed by atoms with Crippen molar-refractivity contribution < 1.29 is 9.59 Å². The predicted octanol–water partition coefficient (Wildman–Crippen LogP) is 1.41. The zero-order chi connectivity index (χ0) is 18.9. The van der Waals surface area contributed by atoms with Crippen molar-refractivity contribution in [2.75, 3.05) is 59.4 Å². The van der Waals surface area contributed by atoms with Crippen LogP contribution < -0.4 is 0 Å². The van der Waals surface area contributed by atoms with Crippen molar-refractivity contribution in [3.05, 3.63) is 0 Å². The van der Waals surface area contributed by atoms with Crippen molar-refractivity contribution >= 4 is 11.8 Å². The third kappa shape index (κ3) is 4.48. The Kier molecular flexibility index (Phi) is 5.74. The SMILES string of the molecule is CN1CCN(CC(=O)N2CCCCC2)CC12CCC(=O)N(CC1CC1)CC2. The minimum atomic E-state index is 0.0500. The number of nitrogens with zero attached hydrogens (tertiary/aromatic N) is 4. The minimum Gasteiger partial charge on any atom is -0.342 e. The third-order valence-electron chi connectivity index (χ3n) is 7.33. The van der Waals surface area contributed by atoms with Gasteiger partial charge in [0.15, 0.2) is 0 Å². The van der Waals surface area contributed by atoms with Gasteiger partial charge in [0.25, 0.3) is 0 Å². The van der Waals surface area contributed by atoms with Gasteiger partial charge < -0.3 is 9.80 Å². The average Bonchev–Trinajstić information content (AvgIpc) is 3.51. The van der Waals surface area contributed by atoms with E-state index in [-0.39, 0.29) is 5.54 Å². The van der Waals surface area contributed by atoms with E-state index in [4.69, 9.17) is 0 Å². The maximum absolute atomic E-state index is 12.7. The number of amides is 2. The van der Waals surface area contributed by atoms with E-state index in [9.17, 15) is 9.59 Å². The monoisotopic (exact) mass is 376 g/mol. The standard InChI is InChI=1S/C21H36N4O2/c1-22-13-14-23(16-20(27)24-10-3-2-4-11-24)17-21(22)8-7-19(26)25(12-9-21)15-18-5-6-18/h18H,2-17H2,1H3. The number of rotatable bonds is 4. The number of likely N-dealkylation sites (N-methyl/N-ethyl adjacent to an activating group) is 1. The van der Waals surface area contributed by atoms with Crippen LogP contribution in [0.4, 0.5) is 0 Å². The molecule has 3 aliphatic heterocycles. The first-order chi connectivity index (χ1) is 13.1. The van der Waals surface area contributed by atoms with E-state index in [0.717, 1.165) is 77.4 Å². The minimum absolute atomic E-state index is 0.0500. The van der Waals surface area contributed by atoms with Gasteiger partial charge in [-0.15, -0.1) is 0 Å². The maximum Gasteiger partial charge on any atom is 0.236 e. The van der Waals surface area contributed by atoms with Crippen LogP contribution in [0, 0.1) is 5.92 Å². The average molecular weight is 377 g/mol. The number of hydrogen-bond donors (Lipinski definition) is 0. The van der Waals surface area contributed by atoms with Crippen LogP contribution in [-0.2, 0) is 9.59 Å². The Hall–Kier alpha value is -1.14. The summed E-state index contributed by atoms with van der Waals surface area (Å²) in [4.78, 5) is 34.4. The van der Waals surface area contributed by atoms with Crippen molar-refractivity contribution in [1.29, 1.82) is 0 Å². The molecule has 0 bridgehead atoms. The molecule has 152 valence electrons. The van der Waals surface area contributed by atoms with Gasteiger partial charge in [-0.1, -0.05) is 0 Å². The molecule has 1 unspecified atom stereocenters. The topological polar surface area (TPSA) is 47.1 Å². The largest absolute Gasteiger partial charge is 0.342 e. The van der Waals surface area contributed by atoms with Crippen molar-refractivity contribution in [3.8, 4) is 0 Å². The molecule has 1 aliphatic carbocycles. The Morgan fingerprint density at radius 1 is 1.04 bits per heavy atom. The first-order valence-electron chi connectivity index (χ1n) is 11.0. The molecule has 4 aliphatic rings. The van der Waals surface area contributed by atoms with Gasteiger partial charge in [-0.3, -0.25) is 19.4 Å². The third-order valence-corrected chi connectivity index (χ3v) is 7.33. The van der Waals surface area contributed by atoms with Gasteiger partial charge in [0, 0.05) is 57.8 Å². The molecule has 6 heteroatoms. The van der Waals surface area contributed by atoms with Gasteiger partial charge in [-0.2, -0.15) is 0 Å². The number of piperazine rings is 1. The number of hydrogen-bond acceptors (Lipinski definition) is 4.